The number of hydrogen-bond donors (Lipinski definition) is 1. The molecule has 0 bridgehead atoms. The van der Waals surface area contributed by atoms with E-state index >= 15 is 0 Å². The van der Waals surface area contributed by atoms with Gasteiger partial charge in [0.15, 0.2) is 0 Å². The molecule has 0 radical (unpaired) electrons. The maximum atomic E-state index is 10.3. The third-order valence-corrected chi connectivity index (χ3v) is 3.72. The highest BCUT2D eigenvalue weighted by atomic mass is 16.3. The summed E-state index contributed by atoms with van der Waals surface area (Å²) in [5.41, 5.74) is 2.78. The Bertz CT molecular complexity index is 456. The largest absolute Gasteiger partial charge is 0.378 e. The Labute approximate surface area is 104 Å². The van der Waals surface area contributed by atoms with Crippen molar-refractivity contribution < 1.29 is 5.11 Å². The van der Waals surface area contributed by atoms with Crippen molar-refractivity contribution >= 4 is 0 Å². The van der Waals surface area contributed by atoms with Gasteiger partial charge in [-0.15, -0.1) is 0 Å². The van der Waals surface area contributed by atoms with Crippen molar-refractivity contribution in [1.29, 1.82) is 0 Å². The lowest BCUT2D eigenvalue weighted by atomic mass is 9.85. The molecular formula is C16H20O. The average Bonchev–Trinajstić information content (AvgIpc) is 2.32. The molecule has 1 aliphatic rings. The van der Waals surface area contributed by atoms with Crippen LogP contribution in [0.4, 0.5) is 0 Å². The molecule has 1 aromatic rings. The Morgan fingerprint density at radius 3 is 2.53 bits per heavy atom. The molecule has 0 amide bonds. The minimum Gasteiger partial charge on any atom is -0.378 e. The lowest BCUT2D eigenvalue weighted by molar-refractivity contribution is 0.0610. The van der Waals surface area contributed by atoms with Gasteiger partial charge in [0.2, 0.25) is 0 Å². The molecule has 2 rings (SSSR count). The van der Waals surface area contributed by atoms with Gasteiger partial charge in [-0.25, -0.2) is 0 Å². The number of aryl methyl sites for hydroxylation is 1. The van der Waals surface area contributed by atoms with Gasteiger partial charge in [0.05, 0.1) is 0 Å². The van der Waals surface area contributed by atoms with Crippen LogP contribution in [0.15, 0.2) is 18.2 Å². The minimum atomic E-state index is -0.742. The van der Waals surface area contributed by atoms with E-state index < -0.39 is 5.60 Å². The summed E-state index contributed by atoms with van der Waals surface area (Å²) in [7, 11) is 0. The third kappa shape index (κ3) is 2.90. The summed E-state index contributed by atoms with van der Waals surface area (Å²) in [6, 6.07) is 6.15. The van der Waals surface area contributed by atoms with Crippen LogP contribution in [0.3, 0.4) is 0 Å². The average molecular weight is 228 g/mol. The first kappa shape index (κ1) is 12.2. The summed E-state index contributed by atoms with van der Waals surface area (Å²) in [4.78, 5) is 0. The fourth-order valence-corrected chi connectivity index (χ4v) is 2.33. The Balaban J connectivity index is 2.23. The normalized spacial score (nSPS) is 18.3. The molecule has 1 aliphatic carbocycles. The van der Waals surface area contributed by atoms with Crippen molar-refractivity contribution in [2.75, 3.05) is 0 Å². The van der Waals surface area contributed by atoms with E-state index in [0.717, 1.165) is 31.2 Å². The molecule has 0 heterocycles. The molecule has 1 fully saturated rings. The van der Waals surface area contributed by atoms with Crippen LogP contribution in [0.5, 0.6) is 0 Å². The fourth-order valence-electron chi connectivity index (χ4n) is 2.33. The van der Waals surface area contributed by atoms with Crippen LogP contribution in [0, 0.1) is 25.7 Å². The minimum absolute atomic E-state index is 0.742. The van der Waals surface area contributed by atoms with Gasteiger partial charge < -0.3 is 5.11 Å². The molecule has 1 N–H and O–H groups in total. The Morgan fingerprint density at radius 1 is 1.12 bits per heavy atom. The standard InChI is InChI=1S/C16H20O/c1-13-7-6-8-15(14(13)2)9-12-16(17)10-4-3-5-11-16/h6-8,17H,3-5,10-11H2,1-2H3. The molecule has 1 saturated carbocycles. The van der Waals surface area contributed by atoms with Gasteiger partial charge in [-0.05, 0) is 56.7 Å². The highest BCUT2D eigenvalue weighted by molar-refractivity contribution is 5.45. The predicted molar refractivity (Wildman–Crippen MR) is 70.8 cm³/mol. The molecule has 0 atom stereocenters. The van der Waals surface area contributed by atoms with E-state index in [2.05, 4.69) is 31.8 Å². The topological polar surface area (TPSA) is 20.2 Å². The smallest absolute Gasteiger partial charge is 0.125 e. The van der Waals surface area contributed by atoms with Gasteiger partial charge >= 0.3 is 0 Å². The van der Waals surface area contributed by atoms with Gasteiger partial charge in [0.25, 0.3) is 0 Å². The zero-order valence-corrected chi connectivity index (χ0v) is 10.7. The van der Waals surface area contributed by atoms with E-state index in [1.165, 1.54) is 17.5 Å². The quantitative estimate of drug-likeness (QED) is 0.675. The predicted octanol–water partition coefficient (Wildman–Crippen LogP) is 3.35. The second kappa shape index (κ2) is 4.94. The van der Waals surface area contributed by atoms with Crippen molar-refractivity contribution in [3.63, 3.8) is 0 Å². The number of aliphatic hydroxyl groups is 1. The fraction of sp³-hybridized carbons (Fsp3) is 0.500. The molecule has 17 heavy (non-hydrogen) atoms. The summed E-state index contributed by atoms with van der Waals surface area (Å²) in [6.07, 6.45) is 5.07. The van der Waals surface area contributed by atoms with Crippen molar-refractivity contribution in [3.05, 3.63) is 34.9 Å². The lowest BCUT2D eigenvalue weighted by Crippen LogP contribution is -2.29. The highest BCUT2D eigenvalue weighted by Crippen LogP contribution is 2.27. The van der Waals surface area contributed by atoms with E-state index in [4.69, 9.17) is 0 Å². The second-order valence-corrected chi connectivity index (χ2v) is 5.09. The monoisotopic (exact) mass is 228 g/mol. The van der Waals surface area contributed by atoms with Crippen LogP contribution in [-0.4, -0.2) is 10.7 Å². The molecule has 0 spiro atoms. The van der Waals surface area contributed by atoms with Gasteiger partial charge in [0, 0.05) is 5.56 Å². The summed E-state index contributed by atoms with van der Waals surface area (Å²) < 4.78 is 0. The lowest BCUT2D eigenvalue weighted by Gasteiger charge is -2.26. The van der Waals surface area contributed by atoms with Gasteiger partial charge in [-0.2, -0.15) is 0 Å². The molecule has 0 aromatic heterocycles. The van der Waals surface area contributed by atoms with E-state index in [1.54, 1.807) is 0 Å². The first-order valence-electron chi connectivity index (χ1n) is 6.42. The zero-order chi connectivity index (χ0) is 12.3. The summed E-state index contributed by atoms with van der Waals surface area (Å²) >= 11 is 0. The Hall–Kier alpha value is -1.26. The van der Waals surface area contributed by atoms with E-state index in [0.29, 0.717) is 0 Å². The van der Waals surface area contributed by atoms with Gasteiger partial charge in [-0.1, -0.05) is 30.4 Å². The van der Waals surface area contributed by atoms with Crippen LogP contribution < -0.4 is 0 Å². The summed E-state index contributed by atoms with van der Waals surface area (Å²) in [5.74, 6) is 6.25. The maximum absolute atomic E-state index is 10.3. The summed E-state index contributed by atoms with van der Waals surface area (Å²) in [5, 5.41) is 10.3. The van der Waals surface area contributed by atoms with Crippen LogP contribution in [-0.2, 0) is 0 Å². The second-order valence-electron chi connectivity index (χ2n) is 5.09. The van der Waals surface area contributed by atoms with Crippen LogP contribution >= 0.6 is 0 Å². The first-order chi connectivity index (χ1) is 8.11. The highest BCUT2D eigenvalue weighted by Gasteiger charge is 2.26. The molecule has 1 nitrogen and oxygen atoms in total. The molecule has 0 unspecified atom stereocenters. The van der Waals surface area contributed by atoms with Crippen LogP contribution in [0.2, 0.25) is 0 Å². The van der Waals surface area contributed by atoms with E-state index in [9.17, 15) is 5.11 Å². The zero-order valence-electron chi connectivity index (χ0n) is 10.7. The molecular weight excluding hydrogens is 208 g/mol. The van der Waals surface area contributed by atoms with E-state index in [1.807, 2.05) is 12.1 Å². The van der Waals surface area contributed by atoms with Crippen LogP contribution in [0.1, 0.15) is 48.8 Å². The van der Waals surface area contributed by atoms with Gasteiger partial charge in [-0.3, -0.25) is 0 Å². The Morgan fingerprint density at radius 2 is 1.82 bits per heavy atom. The molecule has 0 saturated heterocycles. The van der Waals surface area contributed by atoms with Crippen molar-refractivity contribution in [2.24, 2.45) is 0 Å². The van der Waals surface area contributed by atoms with Crippen molar-refractivity contribution in [2.45, 2.75) is 51.6 Å². The van der Waals surface area contributed by atoms with Crippen LogP contribution in [0.25, 0.3) is 0 Å². The van der Waals surface area contributed by atoms with Crippen molar-refractivity contribution in [1.82, 2.24) is 0 Å². The third-order valence-electron chi connectivity index (χ3n) is 3.72. The molecule has 90 valence electrons. The number of rotatable bonds is 0. The number of hydrogen-bond acceptors (Lipinski definition) is 1. The number of benzene rings is 1. The molecule has 0 aliphatic heterocycles. The summed E-state index contributed by atoms with van der Waals surface area (Å²) in [6.45, 7) is 4.18. The SMILES string of the molecule is Cc1cccc(C#CC2(O)CCCCC2)c1C. The van der Waals surface area contributed by atoms with Gasteiger partial charge in [0.1, 0.15) is 5.60 Å². The maximum Gasteiger partial charge on any atom is 0.125 e. The van der Waals surface area contributed by atoms with Crippen molar-refractivity contribution in [3.8, 4) is 11.8 Å². The Kier molecular flexibility index (Phi) is 3.54. The van der Waals surface area contributed by atoms with E-state index in [-0.39, 0.29) is 0 Å². The first-order valence-corrected chi connectivity index (χ1v) is 6.42. The molecule has 1 aromatic carbocycles. The molecule has 1 heteroatoms.